The molecule has 0 aromatic heterocycles. The fourth-order valence-corrected chi connectivity index (χ4v) is 6.00. The maximum Gasteiger partial charge on any atom is 0.271 e. The molecular weight excluding hydrogens is 520 g/mol. The topological polar surface area (TPSA) is 153 Å². The second-order valence-electron chi connectivity index (χ2n) is 9.63. The summed E-state index contributed by atoms with van der Waals surface area (Å²) in [6.45, 7) is 0. The van der Waals surface area contributed by atoms with E-state index in [0.717, 1.165) is 28.2 Å². The van der Waals surface area contributed by atoms with E-state index in [1.807, 2.05) is 18.2 Å². The molecular formula is C28H20N4O8. The minimum Gasteiger partial charge on any atom is -0.495 e. The zero-order chi connectivity index (χ0) is 28.3. The largest absolute Gasteiger partial charge is 0.495 e. The Morgan fingerprint density at radius 2 is 1.57 bits per heavy atom. The van der Waals surface area contributed by atoms with Crippen LogP contribution < -0.4 is 9.64 Å². The molecule has 6 rings (SSSR count). The van der Waals surface area contributed by atoms with Gasteiger partial charge >= 0.3 is 0 Å². The van der Waals surface area contributed by atoms with Crippen LogP contribution in [0.4, 0.5) is 17.1 Å². The van der Waals surface area contributed by atoms with Crippen LogP contribution in [0.1, 0.15) is 27.5 Å². The molecule has 0 N–H and O–H groups in total. The number of imide groups is 1. The smallest absolute Gasteiger partial charge is 0.271 e. The maximum atomic E-state index is 14.1. The lowest BCUT2D eigenvalue weighted by atomic mass is 9.83. The SMILES string of the molecule is COc1ccc([N+](=O)[O-])cc1N1C(=O)C2C(C1=O)C1c3ccccc3C=CN1C2C(=O)c1cccc([N+](=O)[O-])c1. The van der Waals surface area contributed by atoms with Gasteiger partial charge in [0, 0.05) is 36.0 Å². The molecule has 4 atom stereocenters. The van der Waals surface area contributed by atoms with Crippen molar-refractivity contribution in [1.82, 2.24) is 4.90 Å². The highest BCUT2D eigenvalue weighted by Gasteiger charge is 2.65. The number of carbonyl (C=O) groups excluding carboxylic acids is 3. The Morgan fingerprint density at radius 3 is 2.30 bits per heavy atom. The van der Waals surface area contributed by atoms with Gasteiger partial charge in [0.25, 0.3) is 11.4 Å². The number of nitro benzene ring substituents is 2. The summed E-state index contributed by atoms with van der Waals surface area (Å²) in [5.41, 5.74) is 0.866. The lowest BCUT2D eigenvalue weighted by Gasteiger charge is -2.35. The molecule has 12 heteroatoms. The van der Waals surface area contributed by atoms with Gasteiger partial charge in [0.05, 0.1) is 34.8 Å². The van der Waals surface area contributed by atoms with Gasteiger partial charge in [-0.1, -0.05) is 36.4 Å². The van der Waals surface area contributed by atoms with Crippen LogP contribution in [0.25, 0.3) is 6.08 Å². The minimum atomic E-state index is -1.16. The molecule has 0 radical (unpaired) electrons. The number of hydrogen-bond donors (Lipinski definition) is 0. The first-order chi connectivity index (χ1) is 19.2. The van der Waals surface area contributed by atoms with E-state index in [4.69, 9.17) is 4.74 Å². The highest BCUT2D eigenvalue weighted by Crippen LogP contribution is 2.54. The third-order valence-electron chi connectivity index (χ3n) is 7.69. The van der Waals surface area contributed by atoms with Gasteiger partial charge in [0.1, 0.15) is 17.5 Å². The number of hydrogen-bond acceptors (Lipinski definition) is 9. The fourth-order valence-electron chi connectivity index (χ4n) is 6.00. The van der Waals surface area contributed by atoms with Crippen molar-refractivity contribution < 1.29 is 29.0 Å². The van der Waals surface area contributed by atoms with Crippen LogP contribution in [0.15, 0.2) is 72.9 Å². The molecule has 2 amide bonds. The van der Waals surface area contributed by atoms with Crippen LogP contribution in [0.3, 0.4) is 0 Å². The average molecular weight is 540 g/mol. The maximum absolute atomic E-state index is 14.1. The summed E-state index contributed by atoms with van der Waals surface area (Å²) in [5, 5.41) is 22.9. The van der Waals surface area contributed by atoms with Gasteiger partial charge in [-0.2, -0.15) is 0 Å². The zero-order valence-corrected chi connectivity index (χ0v) is 20.9. The highest BCUT2D eigenvalue weighted by atomic mass is 16.6. The van der Waals surface area contributed by atoms with Crippen LogP contribution in [-0.4, -0.2) is 45.5 Å². The van der Waals surface area contributed by atoms with E-state index in [0.29, 0.717) is 0 Å². The molecule has 0 spiro atoms. The van der Waals surface area contributed by atoms with E-state index in [-0.39, 0.29) is 28.4 Å². The Bertz CT molecular complexity index is 1670. The van der Waals surface area contributed by atoms with Crippen molar-refractivity contribution in [3.63, 3.8) is 0 Å². The van der Waals surface area contributed by atoms with Gasteiger partial charge in [0.2, 0.25) is 11.8 Å². The first-order valence-electron chi connectivity index (χ1n) is 12.3. The summed E-state index contributed by atoms with van der Waals surface area (Å²) in [5.74, 6) is -3.98. The molecule has 0 bridgehead atoms. The van der Waals surface area contributed by atoms with Crippen LogP contribution in [0.5, 0.6) is 5.75 Å². The lowest BCUT2D eigenvalue weighted by Crippen LogP contribution is -2.44. The van der Waals surface area contributed by atoms with Crippen molar-refractivity contribution in [1.29, 1.82) is 0 Å². The van der Waals surface area contributed by atoms with E-state index in [9.17, 15) is 34.6 Å². The van der Waals surface area contributed by atoms with Gasteiger partial charge in [-0.3, -0.25) is 34.6 Å². The summed E-state index contributed by atoms with van der Waals surface area (Å²) in [4.78, 5) is 66.3. The zero-order valence-electron chi connectivity index (χ0n) is 20.9. The molecule has 40 heavy (non-hydrogen) atoms. The number of benzene rings is 3. The Morgan fingerprint density at radius 1 is 0.875 bits per heavy atom. The van der Waals surface area contributed by atoms with E-state index < -0.39 is 51.4 Å². The Hall–Kier alpha value is -5.39. The third-order valence-corrected chi connectivity index (χ3v) is 7.69. The number of methoxy groups -OCH3 is 1. The number of fused-ring (bicyclic) bond motifs is 5. The van der Waals surface area contributed by atoms with Crippen molar-refractivity contribution in [2.75, 3.05) is 12.0 Å². The van der Waals surface area contributed by atoms with E-state index >= 15 is 0 Å². The van der Waals surface area contributed by atoms with Crippen molar-refractivity contribution in [3.05, 3.63) is 110 Å². The van der Waals surface area contributed by atoms with Crippen LogP contribution in [0, 0.1) is 32.1 Å². The van der Waals surface area contributed by atoms with Gasteiger partial charge in [-0.15, -0.1) is 0 Å². The van der Waals surface area contributed by atoms with Crippen LogP contribution in [0.2, 0.25) is 0 Å². The molecule has 2 fully saturated rings. The van der Waals surface area contributed by atoms with Crippen molar-refractivity contribution in [3.8, 4) is 5.75 Å². The molecule has 3 heterocycles. The predicted molar refractivity (Wildman–Crippen MR) is 140 cm³/mol. The molecule has 3 aliphatic rings. The molecule has 3 aromatic rings. The first kappa shape index (κ1) is 24.9. The number of carbonyl (C=O) groups is 3. The predicted octanol–water partition coefficient (Wildman–Crippen LogP) is 3.91. The van der Waals surface area contributed by atoms with Crippen LogP contribution >= 0.6 is 0 Å². The first-order valence-corrected chi connectivity index (χ1v) is 12.3. The number of ketones is 1. The van der Waals surface area contributed by atoms with Gasteiger partial charge in [-0.25, -0.2) is 4.90 Å². The number of non-ortho nitro benzene ring substituents is 2. The molecule has 0 saturated carbocycles. The number of nitro groups is 2. The molecule has 2 saturated heterocycles. The van der Waals surface area contributed by atoms with E-state index in [2.05, 4.69) is 0 Å². The van der Waals surface area contributed by atoms with Crippen molar-refractivity contribution in [2.24, 2.45) is 11.8 Å². The highest BCUT2D eigenvalue weighted by molar-refractivity contribution is 6.25. The Balaban J connectivity index is 1.51. The fraction of sp³-hybridized carbons (Fsp3) is 0.179. The summed E-state index contributed by atoms with van der Waals surface area (Å²) >= 11 is 0. The second kappa shape index (κ2) is 9.12. The summed E-state index contributed by atoms with van der Waals surface area (Å²) in [7, 11) is 1.31. The standard InChI is InChI=1S/C28H20N4O8/c1-40-21-10-9-18(32(38)39)14-20(21)30-27(34)22-23(28(30)35)25(26(33)16-6-4-7-17(13-16)31(36)37)29-12-11-15-5-2-3-8-19(15)24(22)29/h2-14,22-25H,1H3. The van der Waals surface area contributed by atoms with E-state index in [1.165, 1.54) is 37.4 Å². The normalized spacial score (nSPS) is 22.5. The van der Waals surface area contributed by atoms with Crippen LogP contribution in [-0.2, 0) is 9.59 Å². The van der Waals surface area contributed by atoms with E-state index in [1.54, 1.807) is 23.2 Å². The molecule has 200 valence electrons. The monoisotopic (exact) mass is 540 g/mol. The Kier molecular flexibility index (Phi) is 5.68. The lowest BCUT2D eigenvalue weighted by molar-refractivity contribution is -0.385. The van der Waals surface area contributed by atoms with Gasteiger partial charge in [-0.05, 0) is 23.3 Å². The van der Waals surface area contributed by atoms with Gasteiger partial charge in [0.15, 0.2) is 5.78 Å². The number of ether oxygens (including phenoxy) is 1. The summed E-state index contributed by atoms with van der Waals surface area (Å²) < 4.78 is 5.33. The molecule has 4 unspecified atom stereocenters. The summed E-state index contributed by atoms with van der Waals surface area (Å²) in [6, 6.07) is 14.3. The Labute approximate surface area is 226 Å². The number of nitrogens with zero attached hydrogens (tertiary/aromatic N) is 4. The average Bonchev–Trinajstić information content (AvgIpc) is 3.44. The quantitative estimate of drug-likeness (QED) is 0.196. The third kappa shape index (κ3) is 3.56. The molecule has 3 aromatic carbocycles. The molecule has 0 aliphatic carbocycles. The van der Waals surface area contributed by atoms with Crippen molar-refractivity contribution >= 4 is 40.7 Å². The molecule has 12 nitrogen and oxygen atoms in total. The number of amides is 2. The molecule has 3 aliphatic heterocycles. The minimum absolute atomic E-state index is 0.0255. The number of anilines is 1. The number of rotatable bonds is 6. The van der Waals surface area contributed by atoms with Crippen molar-refractivity contribution in [2.45, 2.75) is 12.1 Å². The summed E-state index contributed by atoms with van der Waals surface area (Å²) in [6.07, 6.45) is 3.46. The second-order valence-corrected chi connectivity index (χ2v) is 9.63. The number of Topliss-reactive ketones (excluding diaryl/α,β-unsaturated/α-hetero) is 1. The van der Waals surface area contributed by atoms with Gasteiger partial charge < -0.3 is 9.64 Å².